The van der Waals surface area contributed by atoms with E-state index in [0.29, 0.717) is 12.0 Å². The summed E-state index contributed by atoms with van der Waals surface area (Å²) in [6.07, 6.45) is 1.62. The number of sulfone groups is 1. The minimum absolute atomic E-state index is 0.147. The lowest BCUT2D eigenvalue weighted by Gasteiger charge is -2.19. The molecule has 0 heterocycles. The van der Waals surface area contributed by atoms with E-state index in [1.807, 2.05) is 13.8 Å². The molecule has 0 fully saturated rings. The first-order valence-corrected chi connectivity index (χ1v) is 8.87. The molecule has 0 saturated heterocycles. The van der Waals surface area contributed by atoms with Crippen molar-refractivity contribution in [1.82, 2.24) is 10.6 Å². The van der Waals surface area contributed by atoms with Crippen LogP contribution in [0.25, 0.3) is 0 Å². The van der Waals surface area contributed by atoms with Crippen molar-refractivity contribution in [3.05, 3.63) is 29.8 Å². The molecule has 0 spiro atoms. The average Bonchev–Trinajstić information content (AvgIpc) is 2.44. The maximum absolute atomic E-state index is 12.2. The van der Waals surface area contributed by atoms with Gasteiger partial charge in [0.15, 0.2) is 9.84 Å². The largest absolute Gasteiger partial charge is 0.357 e. The monoisotopic (exact) mass is 326 g/mol. The molecule has 0 aliphatic carbocycles. The Morgan fingerprint density at radius 2 is 1.68 bits per heavy atom. The van der Waals surface area contributed by atoms with Crippen molar-refractivity contribution >= 4 is 21.7 Å². The highest BCUT2D eigenvalue weighted by Crippen LogP contribution is 2.11. The molecule has 122 valence electrons. The third-order valence-corrected chi connectivity index (χ3v) is 4.25. The van der Waals surface area contributed by atoms with Gasteiger partial charge in [-0.05, 0) is 36.6 Å². The molecule has 1 atom stereocenters. The van der Waals surface area contributed by atoms with Gasteiger partial charge in [0.25, 0.3) is 5.91 Å². The molecule has 1 rings (SSSR count). The van der Waals surface area contributed by atoms with Crippen molar-refractivity contribution in [3.8, 4) is 0 Å². The third kappa shape index (κ3) is 5.14. The van der Waals surface area contributed by atoms with Crippen molar-refractivity contribution in [3.63, 3.8) is 0 Å². The molecule has 0 aliphatic heterocycles. The number of hydrogen-bond donors (Lipinski definition) is 2. The Morgan fingerprint density at radius 3 is 2.09 bits per heavy atom. The number of benzene rings is 1. The quantitative estimate of drug-likeness (QED) is 0.815. The third-order valence-electron chi connectivity index (χ3n) is 3.12. The maximum Gasteiger partial charge on any atom is 0.251 e. The summed E-state index contributed by atoms with van der Waals surface area (Å²) < 4.78 is 22.8. The van der Waals surface area contributed by atoms with E-state index >= 15 is 0 Å². The standard InChI is InChI=1S/C15H22N2O4S/c1-10(2)9-13(15(19)16-3)17-14(18)11-5-7-12(8-6-11)22(4,20)21/h5-8,10,13H,9H2,1-4H3,(H,16,19)(H,17,18)/t13-/m0/s1. The van der Waals surface area contributed by atoms with Crippen LogP contribution in [0.15, 0.2) is 29.2 Å². The molecular weight excluding hydrogens is 304 g/mol. The van der Waals surface area contributed by atoms with Crippen LogP contribution in [0.5, 0.6) is 0 Å². The number of rotatable bonds is 6. The van der Waals surface area contributed by atoms with E-state index in [4.69, 9.17) is 0 Å². The van der Waals surface area contributed by atoms with Crippen LogP contribution in [0.1, 0.15) is 30.6 Å². The van der Waals surface area contributed by atoms with Crippen LogP contribution < -0.4 is 10.6 Å². The number of amides is 2. The van der Waals surface area contributed by atoms with Gasteiger partial charge in [0.1, 0.15) is 6.04 Å². The zero-order chi connectivity index (χ0) is 16.9. The van der Waals surface area contributed by atoms with Gasteiger partial charge in [-0.3, -0.25) is 9.59 Å². The summed E-state index contributed by atoms with van der Waals surface area (Å²) in [6, 6.07) is 5.00. The van der Waals surface area contributed by atoms with Gasteiger partial charge in [-0.15, -0.1) is 0 Å². The van der Waals surface area contributed by atoms with E-state index in [2.05, 4.69) is 10.6 Å². The fourth-order valence-electron chi connectivity index (χ4n) is 1.97. The summed E-state index contributed by atoms with van der Waals surface area (Å²) in [5, 5.41) is 5.20. The van der Waals surface area contributed by atoms with E-state index < -0.39 is 21.8 Å². The lowest BCUT2D eigenvalue weighted by atomic mass is 10.0. The molecule has 1 aromatic rings. The Kier molecular flexibility index (Phi) is 6.11. The summed E-state index contributed by atoms with van der Waals surface area (Å²) in [5.74, 6) is -0.417. The molecule has 0 radical (unpaired) electrons. The Hall–Kier alpha value is -1.89. The highest BCUT2D eigenvalue weighted by molar-refractivity contribution is 7.90. The molecule has 22 heavy (non-hydrogen) atoms. The van der Waals surface area contributed by atoms with Crippen LogP contribution in [-0.4, -0.2) is 39.6 Å². The van der Waals surface area contributed by atoms with Gasteiger partial charge < -0.3 is 10.6 Å². The van der Waals surface area contributed by atoms with Crippen LogP contribution in [0, 0.1) is 5.92 Å². The van der Waals surface area contributed by atoms with Gasteiger partial charge >= 0.3 is 0 Å². The van der Waals surface area contributed by atoms with E-state index in [1.54, 1.807) is 0 Å². The van der Waals surface area contributed by atoms with E-state index in [0.717, 1.165) is 6.26 Å². The van der Waals surface area contributed by atoms with Gasteiger partial charge in [-0.2, -0.15) is 0 Å². The topological polar surface area (TPSA) is 92.3 Å². The lowest BCUT2D eigenvalue weighted by Crippen LogP contribution is -2.46. The Morgan fingerprint density at radius 1 is 1.14 bits per heavy atom. The van der Waals surface area contributed by atoms with Gasteiger partial charge in [0.05, 0.1) is 4.90 Å². The van der Waals surface area contributed by atoms with Crippen molar-refractivity contribution in [2.45, 2.75) is 31.2 Å². The SMILES string of the molecule is CNC(=O)[C@H](CC(C)C)NC(=O)c1ccc(S(C)(=O)=O)cc1. The summed E-state index contributed by atoms with van der Waals surface area (Å²) >= 11 is 0. The van der Waals surface area contributed by atoms with E-state index in [1.165, 1.54) is 31.3 Å². The molecule has 6 nitrogen and oxygen atoms in total. The Bertz CT molecular complexity index is 636. The summed E-state index contributed by atoms with van der Waals surface area (Å²) in [6.45, 7) is 3.92. The molecule has 1 aromatic carbocycles. The second kappa shape index (κ2) is 7.40. The second-order valence-electron chi connectivity index (χ2n) is 5.57. The first-order valence-electron chi connectivity index (χ1n) is 6.97. The first kappa shape index (κ1) is 18.2. The molecule has 0 bridgehead atoms. The first-order chi connectivity index (χ1) is 10.1. The molecule has 2 amide bonds. The predicted molar refractivity (Wildman–Crippen MR) is 84.3 cm³/mol. The smallest absolute Gasteiger partial charge is 0.251 e. The molecule has 7 heteroatoms. The summed E-state index contributed by atoms with van der Waals surface area (Å²) in [5.41, 5.74) is 0.310. The van der Waals surface area contributed by atoms with Gasteiger partial charge in [0, 0.05) is 18.9 Å². The zero-order valence-electron chi connectivity index (χ0n) is 13.2. The van der Waals surface area contributed by atoms with Crippen molar-refractivity contribution in [2.75, 3.05) is 13.3 Å². The van der Waals surface area contributed by atoms with Crippen LogP contribution >= 0.6 is 0 Å². The fraction of sp³-hybridized carbons (Fsp3) is 0.467. The second-order valence-corrected chi connectivity index (χ2v) is 7.58. The molecular formula is C15H22N2O4S. The number of carbonyl (C=O) groups excluding carboxylic acids is 2. The Balaban J connectivity index is 2.88. The number of nitrogens with one attached hydrogen (secondary N) is 2. The molecule has 2 N–H and O–H groups in total. The van der Waals surface area contributed by atoms with Crippen molar-refractivity contribution < 1.29 is 18.0 Å². The highest BCUT2D eigenvalue weighted by atomic mass is 32.2. The molecule has 0 aromatic heterocycles. The normalized spacial score (nSPS) is 12.8. The number of hydrogen-bond acceptors (Lipinski definition) is 4. The van der Waals surface area contributed by atoms with E-state index in [9.17, 15) is 18.0 Å². The molecule has 0 aliphatic rings. The van der Waals surface area contributed by atoms with Crippen LogP contribution in [-0.2, 0) is 14.6 Å². The molecule has 0 unspecified atom stereocenters. The number of carbonyl (C=O) groups is 2. The predicted octanol–water partition coefficient (Wildman–Crippen LogP) is 0.981. The van der Waals surface area contributed by atoms with Gasteiger partial charge in [-0.25, -0.2) is 8.42 Å². The van der Waals surface area contributed by atoms with Gasteiger partial charge in [-0.1, -0.05) is 13.8 Å². The lowest BCUT2D eigenvalue weighted by molar-refractivity contribution is -0.122. The Labute approximate surface area is 131 Å². The zero-order valence-corrected chi connectivity index (χ0v) is 14.0. The minimum Gasteiger partial charge on any atom is -0.357 e. The minimum atomic E-state index is -3.30. The van der Waals surface area contributed by atoms with Crippen LogP contribution in [0.2, 0.25) is 0 Å². The fourth-order valence-corrected chi connectivity index (χ4v) is 2.60. The highest BCUT2D eigenvalue weighted by Gasteiger charge is 2.21. The van der Waals surface area contributed by atoms with Crippen molar-refractivity contribution in [2.24, 2.45) is 5.92 Å². The van der Waals surface area contributed by atoms with Crippen LogP contribution in [0.4, 0.5) is 0 Å². The maximum atomic E-state index is 12.2. The van der Waals surface area contributed by atoms with Crippen LogP contribution in [0.3, 0.4) is 0 Å². The van der Waals surface area contributed by atoms with Crippen molar-refractivity contribution in [1.29, 1.82) is 0 Å². The summed E-state index contributed by atoms with van der Waals surface area (Å²) in [4.78, 5) is 24.1. The van der Waals surface area contributed by atoms with E-state index in [-0.39, 0.29) is 16.7 Å². The number of likely N-dealkylation sites (N-methyl/N-ethyl adjacent to an activating group) is 1. The summed E-state index contributed by atoms with van der Waals surface area (Å²) in [7, 11) is -1.78. The average molecular weight is 326 g/mol. The molecule has 0 saturated carbocycles. The van der Waals surface area contributed by atoms with Gasteiger partial charge in [0.2, 0.25) is 5.91 Å².